The van der Waals surface area contributed by atoms with Crippen LogP contribution in [-0.2, 0) is 11.8 Å². The maximum Gasteiger partial charge on any atom is 0.335 e. The number of anilines is 1. The molecule has 0 saturated heterocycles. The average Bonchev–Trinajstić information content (AvgIpc) is 3.21. The fourth-order valence-corrected chi connectivity index (χ4v) is 3.98. The van der Waals surface area contributed by atoms with E-state index >= 15 is 0 Å². The van der Waals surface area contributed by atoms with Gasteiger partial charge in [0.1, 0.15) is 0 Å². The van der Waals surface area contributed by atoms with Gasteiger partial charge in [-0.3, -0.25) is 19.7 Å². The van der Waals surface area contributed by atoms with Crippen LogP contribution in [0.5, 0.6) is 0 Å². The van der Waals surface area contributed by atoms with Gasteiger partial charge in [-0.2, -0.15) is 0 Å². The van der Waals surface area contributed by atoms with Crippen LogP contribution in [0.4, 0.5) is 11.4 Å². The molecule has 0 unspecified atom stereocenters. The van der Waals surface area contributed by atoms with Gasteiger partial charge in [-0.15, -0.1) is 10.2 Å². The van der Waals surface area contributed by atoms with Gasteiger partial charge in [0.15, 0.2) is 11.0 Å². The number of nitro groups is 1. The Balaban J connectivity index is 1.66. The molecule has 3 N–H and O–H groups in total. The lowest BCUT2D eigenvalue weighted by atomic mass is 10.0. The minimum atomic E-state index is -1.05. The molecule has 0 bridgehead atoms. The van der Waals surface area contributed by atoms with Crippen LogP contribution in [-0.4, -0.2) is 48.3 Å². The van der Waals surface area contributed by atoms with Crippen molar-refractivity contribution < 1.29 is 24.4 Å². The van der Waals surface area contributed by atoms with Crippen LogP contribution in [0.25, 0.3) is 0 Å². The van der Waals surface area contributed by atoms with Gasteiger partial charge in [0.25, 0.3) is 11.6 Å². The Kier molecular flexibility index (Phi) is 8.38. The molecule has 0 radical (unpaired) electrons. The number of rotatable bonds is 10. The highest BCUT2D eigenvalue weighted by Gasteiger charge is 2.26. The van der Waals surface area contributed by atoms with Crippen molar-refractivity contribution in [1.82, 2.24) is 20.1 Å². The quantitative estimate of drug-likeness (QED) is 0.210. The molecule has 0 saturated carbocycles. The number of non-ortho nitro benzene ring substituents is 1. The van der Waals surface area contributed by atoms with Crippen LogP contribution in [0, 0.1) is 16.0 Å². The second kappa shape index (κ2) is 11.4. The van der Waals surface area contributed by atoms with Crippen LogP contribution in [0.3, 0.4) is 0 Å². The van der Waals surface area contributed by atoms with E-state index in [-0.39, 0.29) is 34.4 Å². The number of thioether (sulfide) groups is 1. The minimum absolute atomic E-state index is 0.0268. The van der Waals surface area contributed by atoms with Gasteiger partial charge >= 0.3 is 5.97 Å². The maximum absolute atomic E-state index is 12.8. The summed E-state index contributed by atoms with van der Waals surface area (Å²) in [6, 6.07) is 10.7. The normalized spacial score (nSPS) is 11.7. The SMILES string of the molecule is CC(C)[C@@H](NC(=O)c1cccc([N+](=O)[O-])c1)c1nnc(SCC(=O)Nc2ccc(C(=O)O)cc2)n1C. The Morgan fingerprint density at radius 3 is 2.42 bits per heavy atom. The number of carbonyl (C=O) groups is 3. The van der Waals surface area contributed by atoms with E-state index < -0.39 is 22.8 Å². The molecule has 0 fully saturated rings. The molecule has 13 heteroatoms. The fourth-order valence-electron chi connectivity index (χ4n) is 3.26. The van der Waals surface area contributed by atoms with Gasteiger partial charge in [-0.1, -0.05) is 31.7 Å². The lowest BCUT2D eigenvalue weighted by molar-refractivity contribution is -0.384. The van der Waals surface area contributed by atoms with Gasteiger partial charge < -0.3 is 20.3 Å². The first kappa shape index (κ1) is 26.3. The molecule has 36 heavy (non-hydrogen) atoms. The topological polar surface area (TPSA) is 169 Å². The third-order valence-electron chi connectivity index (χ3n) is 5.17. The zero-order valence-electron chi connectivity index (χ0n) is 19.7. The molecule has 1 aromatic heterocycles. The highest BCUT2D eigenvalue weighted by Crippen LogP contribution is 2.25. The lowest BCUT2D eigenvalue weighted by Gasteiger charge is -2.21. The summed E-state index contributed by atoms with van der Waals surface area (Å²) in [5.41, 5.74) is 0.552. The Labute approximate surface area is 210 Å². The van der Waals surface area contributed by atoms with Crippen molar-refractivity contribution in [3.8, 4) is 0 Å². The van der Waals surface area contributed by atoms with Gasteiger partial charge in [-0.25, -0.2) is 4.79 Å². The van der Waals surface area contributed by atoms with Crippen molar-refractivity contribution in [2.75, 3.05) is 11.1 Å². The zero-order valence-corrected chi connectivity index (χ0v) is 20.5. The number of nitrogens with one attached hydrogen (secondary N) is 2. The van der Waals surface area contributed by atoms with Crippen molar-refractivity contribution in [1.29, 1.82) is 0 Å². The number of amides is 2. The zero-order chi connectivity index (χ0) is 26.4. The number of carbonyl (C=O) groups excluding carboxylic acids is 2. The lowest BCUT2D eigenvalue weighted by Crippen LogP contribution is -2.33. The molecule has 2 aromatic carbocycles. The number of aromatic nitrogens is 3. The molecular weight excluding hydrogens is 488 g/mol. The summed E-state index contributed by atoms with van der Waals surface area (Å²) in [6.07, 6.45) is 0. The number of hydrogen-bond acceptors (Lipinski definition) is 8. The van der Waals surface area contributed by atoms with E-state index in [1.54, 1.807) is 11.6 Å². The Morgan fingerprint density at radius 1 is 1.11 bits per heavy atom. The number of nitro benzene ring substituents is 1. The van der Waals surface area contributed by atoms with Crippen molar-refractivity contribution in [3.05, 3.63) is 75.6 Å². The highest BCUT2D eigenvalue weighted by atomic mass is 32.2. The monoisotopic (exact) mass is 512 g/mol. The molecular formula is C23H24N6O6S. The van der Waals surface area contributed by atoms with E-state index in [2.05, 4.69) is 20.8 Å². The largest absolute Gasteiger partial charge is 0.478 e. The van der Waals surface area contributed by atoms with Crippen LogP contribution in [0.2, 0.25) is 0 Å². The van der Waals surface area contributed by atoms with E-state index in [1.807, 2.05) is 13.8 Å². The van der Waals surface area contributed by atoms with E-state index in [0.29, 0.717) is 16.7 Å². The van der Waals surface area contributed by atoms with E-state index in [1.165, 1.54) is 48.5 Å². The second-order valence-corrected chi connectivity index (χ2v) is 9.06. The molecule has 12 nitrogen and oxygen atoms in total. The van der Waals surface area contributed by atoms with Gasteiger partial charge in [0.05, 0.1) is 22.3 Å². The molecule has 0 aliphatic heterocycles. The van der Waals surface area contributed by atoms with Crippen LogP contribution in [0.15, 0.2) is 53.7 Å². The Hall–Kier alpha value is -4.26. The predicted octanol–water partition coefficient (Wildman–Crippen LogP) is 3.28. The number of aromatic carboxylic acids is 1. The molecule has 0 aliphatic rings. The van der Waals surface area contributed by atoms with Crippen molar-refractivity contribution in [2.24, 2.45) is 13.0 Å². The third-order valence-corrected chi connectivity index (χ3v) is 6.19. The first-order valence-electron chi connectivity index (χ1n) is 10.8. The predicted molar refractivity (Wildman–Crippen MR) is 132 cm³/mol. The van der Waals surface area contributed by atoms with Crippen molar-refractivity contribution >= 4 is 40.9 Å². The highest BCUT2D eigenvalue weighted by molar-refractivity contribution is 7.99. The van der Waals surface area contributed by atoms with Crippen LogP contribution >= 0.6 is 11.8 Å². The summed E-state index contributed by atoms with van der Waals surface area (Å²) in [5, 5.41) is 34.3. The number of benzene rings is 2. The maximum atomic E-state index is 12.8. The van der Waals surface area contributed by atoms with Gasteiger partial charge in [0.2, 0.25) is 5.91 Å². The number of nitrogens with zero attached hydrogens (tertiary/aromatic N) is 4. The third kappa shape index (κ3) is 6.44. The van der Waals surface area contributed by atoms with Gasteiger partial charge in [0, 0.05) is 30.4 Å². The summed E-state index contributed by atoms with van der Waals surface area (Å²) in [7, 11) is 1.72. The van der Waals surface area contributed by atoms with Crippen molar-refractivity contribution in [2.45, 2.75) is 25.0 Å². The van der Waals surface area contributed by atoms with Gasteiger partial charge in [-0.05, 0) is 36.2 Å². The fraction of sp³-hybridized carbons (Fsp3) is 0.261. The van der Waals surface area contributed by atoms with E-state index in [4.69, 9.17) is 5.11 Å². The average molecular weight is 513 g/mol. The van der Waals surface area contributed by atoms with Crippen LogP contribution < -0.4 is 10.6 Å². The first-order valence-corrected chi connectivity index (χ1v) is 11.8. The molecule has 1 atom stereocenters. The number of carboxylic acid groups (broad SMARTS) is 1. The number of carboxylic acids is 1. The minimum Gasteiger partial charge on any atom is -0.478 e. The summed E-state index contributed by atoms with van der Waals surface area (Å²) < 4.78 is 1.68. The first-order chi connectivity index (χ1) is 17.1. The summed E-state index contributed by atoms with van der Waals surface area (Å²) in [4.78, 5) is 46.5. The molecule has 2 amide bonds. The molecule has 0 aliphatic carbocycles. The Morgan fingerprint density at radius 2 is 1.81 bits per heavy atom. The smallest absolute Gasteiger partial charge is 0.335 e. The molecule has 0 spiro atoms. The molecule has 3 aromatic rings. The Bertz CT molecular complexity index is 1290. The van der Waals surface area contributed by atoms with E-state index in [9.17, 15) is 24.5 Å². The molecule has 188 valence electrons. The summed E-state index contributed by atoms with van der Waals surface area (Å²) >= 11 is 1.15. The second-order valence-electron chi connectivity index (χ2n) is 8.12. The van der Waals surface area contributed by atoms with E-state index in [0.717, 1.165) is 11.8 Å². The standard InChI is InChI=1S/C23H24N6O6S/c1-13(2)19(25-21(31)15-5-4-6-17(11-15)29(34)35)20-26-27-23(28(20)3)36-12-18(30)24-16-9-7-14(8-10-16)22(32)33/h4-11,13,19H,12H2,1-3H3,(H,24,30)(H,25,31)(H,32,33)/t19-/m1/s1. The molecule has 1 heterocycles. The molecule has 3 rings (SSSR count). The summed E-state index contributed by atoms with van der Waals surface area (Å²) in [6.45, 7) is 3.78. The number of hydrogen-bond donors (Lipinski definition) is 3. The van der Waals surface area contributed by atoms with Crippen LogP contribution in [0.1, 0.15) is 46.4 Å². The van der Waals surface area contributed by atoms with Crippen molar-refractivity contribution in [3.63, 3.8) is 0 Å². The summed E-state index contributed by atoms with van der Waals surface area (Å²) in [5.74, 6) is -1.43.